The molecule has 0 saturated heterocycles. The Balaban J connectivity index is 2.45. The first-order valence-corrected chi connectivity index (χ1v) is 8.60. The molecule has 0 aliphatic heterocycles. The number of rotatable bonds is 6. The van der Waals surface area contributed by atoms with Crippen LogP contribution in [0.1, 0.15) is 20.3 Å². The lowest BCUT2D eigenvalue weighted by molar-refractivity contribution is -0.139. The predicted octanol–water partition coefficient (Wildman–Crippen LogP) is -0.00600. The highest BCUT2D eigenvalue weighted by Gasteiger charge is 2.26. The molecule has 2 rings (SSSR count). The first kappa shape index (κ1) is 17.9. The molecule has 10 heteroatoms. The largest absolute Gasteiger partial charge is 0.480 e. The molecule has 24 heavy (non-hydrogen) atoms. The summed E-state index contributed by atoms with van der Waals surface area (Å²) in [5.41, 5.74) is -1.26. The number of hydrogen-bond donors (Lipinski definition) is 4. The van der Waals surface area contributed by atoms with Gasteiger partial charge in [0.25, 0.3) is 5.56 Å². The Bertz CT molecular complexity index is 989. The minimum Gasteiger partial charge on any atom is -0.480 e. The van der Waals surface area contributed by atoms with E-state index in [-0.39, 0.29) is 28.1 Å². The summed E-state index contributed by atoms with van der Waals surface area (Å²) in [6.07, 6.45) is 0.121. The Morgan fingerprint density at radius 2 is 1.92 bits per heavy atom. The summed E-state index contributed by atoms with van der Waals surface area (Å²) >= 11 is 0. The van der Waals surface area contributed by atoms with Crippen LogP contribution in [0.4, 0.5) is 0 Å². The van der Waals surface area contributed by atoms with Gasteiger partial charge in [0.2, 0.25) is 10.0 Å². The van der Waals surface area contributed by atoms with E-state index in [0.29, 0.717) is 0 Å². The summed E-state index contributed by atoms with van der Waals surface area (Å²) in [5.74, 6) is -1.31. The number of carboxylic acids is 1. The van der Waals surface area contributed by atoms with Gasteiger partial charge in [-0.3, -0.25) is 14.6 Å². The second-order valence-electron chi connectivity index (χ2n) is 5.76. The van der Waals surface area contributed by atoms with Gasteiger partial charge in [-0.2, -0.15) is 4.72 Å². The van der Waals surface area contributed by atoms with Crippen LogP contribution < -0.4 is 16.0 Å². The Labute approximate surface area is 136 Å². The summed E-state index contributed by atoms with van der Waals surface area (Å²) < 4.78 is 26.9. The van der Waals surface area contributed by atoms with E-state index in [4.69, 9.17) is 5.11 Å². The molecule has 0 spiro atoms. The number of hydrogen-bond acceptors (Lipinski definition) is 5. The molecular weight excluding hydrogens is 338 g/mol. The van der Waals surface area contributed by atoms with Crippen LogP contribution in [0.15, 0.2) is 32.7 Å². The number of carbonyl (C=O) groups is 1. The fourth-order valence-corrected chi connectivity index (χ4v) is 3.47. The number of aromatic amines is 2. The number of carboxylic acid groups (broad SMARTS) is 1. The maximum atomic E-state index is 12.4. The molecule has 130 valence electrons. The van der Waals surface area contributed by atoms with Crippen molar-refractivity contribution in [3.05, 3.63) is 39.0 Å². The van der Waals surface area contributed by atoms with Crippen molar-refractivity contribution in [3.8, 4) is 0 Å². The van der Waals surface area contributed by atoms with Crippen molar-refractivity contribution in [1.82, 2.24) is 14.7 Å². The third kappa shape index (κ3) is 3.89. The molecule has 0 fully saturated rings. The highest BCUT2D eigenvalue weighted by molar-refractivity contribution is 7.89. The topological polar surface area (TPSA) is 149 Å². The fourth-order valence-electron chi connectivity index (χ4n) is 2.24. The molecule has 0 amide bonds. The Morgan fingerprint density at radius 3 is 2.50 bits per heavy atom. The minimum atomic E-state index is -4.14. The second kappa shape index (κ2) is 6.57. The zero-order valence-electron chi connectivity index (χ0n) is 13.0. The molecule has 2 aromatic rings. The van der Waals surface area contributed by atoms with E-state index in [0.717, 1.165) is 6.07 Å². The first-order valence-electron chi connectivity index (χ1n) is 7.11. The lowest BCUT2D eigenvalue weighted by Crippen LogP contribution is -2.41. The molecule has 1 aromatic carbocycles. The van der Waals surface area contributed by atoms with Crippen molar-refractivity contribution in [2.75, 3.05) is 0 Å². The van der Waals surface area contributed by atoms with E-state index in [1.807, 2.05) is 4.98 Å². The predicted molar refractivity (Wildman–Crippen MR) is 86.4 cm³/mol. The van der Waals surface area contributed by atoms with Crippen molar-refractivity contribution in [3.63, 3.8) is 0 Å². The van der Waals surface area contributed by atoms with Gasteiger partial charge in [-0.1, -0.05) is 13.8 Å². The molecule has 0 saturated carbocycles. The number of sulfonamides is 1. The standard InChI is InChI=1S/C14H17N3O6S/c1-7(2)5-11(13(19)20)17-24(22,23)8-3-4-10-9(6-8)12(18)16-14(21)15-10/h3-4,6-7,11,17H,5H2,1-2H3,(H,19,20)(H2,15,16,18,21)/t11-/m0/s1. The Hall–Kier alpha value is -2.46. The van der Waals surface area contributed by atoms with Crippen molar-refractivity contribution < 1.29 is 18.3 Å². The van der Waals surface area contributed by atoms with Gasteiger partial charge in [-0.05, 0) is 30.5 Å². The Morgan fingerprint density at radius 1 is 1.25 bits per heavy atom. The van der Waals surface area contributed by atoms with Gasteiger partial charge in [0.1, 0.15) is 6.04 Å². The van der Waals surface area contributed by atoms with Crippen LogP contribution >= 0.6 is 0 Å². The summed E-state index contributed by atoms with van der Waals surface area (Å²) in [6.45, 7) is 3.55. The summed E-state index contributed by atoms with van der Waals surface area (Å²) in [7, 11) is -4.14. The molecule has 1 aromatic heterocycles. The number of fused-ring (bicyclic) bond motifs is 1. The smallest absolute Gasteiger partial charge is 0.326 e. The monoisotopic (exact) mass is 355 g/mol. The fraction of sp³-hybridized carbons (Fsp3) is 0.357. The number of aliphatic carboxylic acids is 1. The van der Waals surface area contributed by atoms with Gasteiger partial charge in [0.05, 0.1) is 15.8 Å². The van der Waals surface area contributed by atoms with Crippen LogP contribution in [0.25, 0.3) is 10.9 Å². The van der Waals surface area contributed by atoms with Gasteiger partial charge in [0.15, 0.2) is 0 Å². The lowest BCUT2D eigenvalue weighted by atomic mass is 10.1. The first-order chi connectivity index (χ1) is 11.1. The number of aromatic nitrogens is 2. The van der Waals surface area contributed by atoms with Gasteiger partial charge in [-0.25, -0.2) is 13.2 Å². The molecule has 1 heterocycles. The molecular formula is C14H17N3O6S. The maximum Gasteiger partial charge on any atom is 0.326 e. The molecule has 0 bridgehead atoms. The molecule has 9 nitrogen and oxygen atoms in total. The second-order valence-corrected chi connectivity index (χ2v) is 7.47. The third-order valence-corrected chi connectivity index (χ3v) is 4.79. The van der Waals surface area contributed by atoms with Crippen LogP contribution in [0.3, 0.4) is 0 Å². The summed E-state index contributed by atoms with van der Waals surface area (Å²) in [6, 6.07) is 2.27. The van der Waals surface area contributed by atoms with Crippen molar-refractivity contribution in [1.29, 1.82) is 0 Å². The Kier molecular flexibility index (Phi) is 4.90. The molecule has 0 radical (unpaired) electrons. The molecule has 0 unspecified atom stereocenters. The van der Waals surface area contributed by atoms with E-state index < -0.39 is 33.3 Å². The van der Waals surface area contributed by atoms with Gasteiger partial charge >= 0.3 is 11.7 Å². The zero-order valence-corrected chi connectivity index (χ0v) is 13.8. The van der Waals surface area contributed by atoms with Crippen LogP contribution in [0.2, 0.25) is 0 Å². The van der Waals surface area contributed by atoms with Crippen LogP contribution in [0.5, 0.6) is 0 Å². The number of nitrogens with one attached hydrogen (secondary N) is 3. The minimum absolute atomic E-state index is 0.0202. The number of benzene rings is 1. The highest BCUT2D eigenvalue weighted by atomic mass is 32.2. The van der Waals surface area contributed by atoms with Crippen molar-refractivity contribution in [2.45, 2.75) is 31.2 Å². The zero-order chi connectivity index (χ0) is 18.1. The average Bonchev–Trinajstić information content (AvgIpc) is 2.45. The van der Waals surface area contributed by atoms with E-state index in [2.05, 4.69) is 9.71 Å². The van der Waals surface area contributed by atoms with Crippen LogP contribution in [-0.2, 0) is 14.8 Å². The van der Waals surface area contributed by atoms with Crippen LogP contribution in [0, 0.1) is 5.92 Å². The molecule has 0 aliphatic carbocycles. The van der Waals surface area contributed by atoms with Crippen molar-refractivity contribution >= 4 is 26.9 Å². The quantitative estimate of drug-likeness (QED) is 0.573. The van der Waals surface area contributed by atoms with E-state index in [9.17, 15) is 22.8 Å². The molecule has 4 N–H and O–H groups in total. The summed E-state index contributed by atoms with van der Waals surface area (Å²) in [4.78, 5) is 38.3. The average molecular weight is 355 g/mol. The van der Waals surface area contributed by atoms with E-state index in [1.165, 1.54) is 12.1 Å². The third-order valence-electron chi connectivity index (χ3n) is 3.32. The maximum absolute atomic E-state index is 12.4. The van der Waals surface area contributed by atoms with Crippen molar-refractivity contribution in [2.24, 2.45) is 5.92 Å². The van der Waals surface area contributed by atoms with E-state index in [1.54, 1.807) is 13.8 Å². The van der Waals surface area contributed by atoms with E-state index >= 15 is 0 Å². The molecule has 1 atom stereocenters. The summed E-state index contributed by atoms with van der Waals surface area (Å²) in [5, 5.41) is 9.14. The van der Waals surface area contributed by atoms with Gasteiger partial charge in [-0.15, -0.1) is 0 Å². The SMILES string of the molecule is CC(C)C[C@H](NS(=O)(=O)c1ccc2[nH]c(=O)[nH]c(=O)c2c1)C(=O)O. The lowest BCUT2D eigenvalue weighted by Gasteiger charge is -2.16. The normalized spacial score (nSPS) is 13.3. The van der Waals surface area contributed by atoms with Crippen LogP contribution in [-0.4, -0.2) is 35.5 Å². The van der Waals surface area contributed by atoms with Gasteiger partial charge in [0, 0.05) is 0 Å². The van der Waals surface area contributed by atoms with Gasteiger partial charge < -0.3 is 10.1 Å². The molecule has 0 aliphatic rings. The highest BCUT2D eigenvalue weighted by Crippen LogP contribution is 2.16. The number of H-pyrrole nitrogens is 2.